The van der Waals surface area contributed by atoms with Gasteiger partial charge in [-0.25, -0.2) is 0 Å². The minimum Gasteiger partial charge on any atom is -0.380 e. The molecule has 1 amide bonds. The van der Waals surface area contributed by atoms with Crippen molar-refractivity contribution in [2.75, 3.05) is 26.0 Å². The maximum absolute atomic E-state index is 12.2. The van der Waals surface area contributed by atoms with Gasteiger partial charge in [0.15, 0.2) is 0 Å². The predicted molar refractivity (Wildman–Crippen MR) is 72.1 cm³/mol. The van der Waals surface area contributed by atoms with E-state index in [1.165, 1.54) is 10.6 Å². The average molecular weight is 265 g/mol. The van der Waals surface area contributed by atoms with Gasteiger partial charge in [0.25, 0.3) is 0 Å². The lowest BCUT2D eigenvalue weighted by Crippen LogP contribution is -2.37. The normalized spacial score (nSPS) is 23.5. The highest BCUT2D eigenvalue weighted by atomic mass is 16.5. The Morgan fingerprint density at radius 1 is 1.42 bits per heavy atom. The van der Waals surface area contributed by atoms with Crippen molar-refractivity contribution in [2.45, 2.75) is 18.6 Å². The Balaban J connectivity index is 2.05. The molecule has 1 aliphatic heterocycles. The Morgan fingerprint density at radius 3 is 2.74 bits per heavy atom. The van der Waals surface area contributed by atoms with Crippen LogP contribution in [0.3, 0.4) is 0 Å². The van der Waals surface area contributed by atoms with Gasteiger partial charge in [-0.3, -0.25) is 14.5 Å². The minimum atomic E-state index is -0.192. The molecule has 1 fully saturated rings. The first-order valence-corrected chi connectivity index (χ1v) is 6.22. The van der Waals surface area contributed by atoms with Crippen molar-refractivity contribution in [2.24, 2.45) is 7.05 Å². The zero-order chi connectivity index (χ0) is 14.0. The Hall–Kier alpha value is -1.66. The van der Waals surface area contributed by atoms with E-state index in [0.29, 0.717) is 12.1 Å². The number of hydrogen-bond donors (Lipinski definition) is 1. The number of likely N-dealkylation sites (N-methyl/N-ethyl adjacent to an activating group) is 1. The van der Waals surface area contributed by atoms with Crippen LogP contribution in [0.4, 0.5) is 5.69 Å². The standard InChI is InChI=1S/C13H19N3O3/c1-15-8-10(19-3)6-11(15)13(18)14-9-4-5-12(17)16(2)7-9/h4-5,7,10-11H,6,8H2,1-3H3,(H,14,18)/t10-,11-/m0/s1. The summed E-state index contributed by atoms with van der Waals surface area (Å²) in [5, 5.41) is 2.83. The van der Waals surface area contributed by atoms with E-state index in [1.54, 1.807) is 26.4 Å². The molecule has 1 N–H and O–H groups in total. The molecule has 0 aliphatic carbocycles. The summed E-state index contributed by atoms with van der Waals surface area (Å²) in [7, 11) is 5.22. The van der Waals surface area contributed by atoms with Crippen LogP contribution >= 0.6 is 0 Å². The molecule has 0 spiro atoms. The summed E-state index contributed by atoms with van der Waals surface area (Å²) in [5.74, 6) is -0.0688. The number of likely N-dealkylation sites (tertiary alicyclic amines) is 1. The third-order valence-electron chi connectivity index (χ3n) is 3.50. The van der Waals surface area contributed by atoms with Gasteiger partial charge in [0.2, 0.25) is 11.5 Å². The zero-order valence-corrected chi connectivity index (χ0v) is 11.4. The molecule has 0 saturated carbocycles. The van der Waals surface area contributed by atoms with E-state index in [1.807, 2.05) is 11.9 Å². The molecule has 6 heteroatoms. The number of pyridine rings is 1. The number of nitrogens with one attached hydrogen (secondary N) is 1. The zero-order valence-electron chi connectivity index (χ0n) is 11.4. The van der Waals surface area contributed by atoms with Gasteiger partial charge in [0.1, 0.15) is 0 Å². The summed E-state index contributed by atoms with van der Waals surface area (Å²) in [5.41, 5.74) is 0.525. The van der Waals surface area contributed by atoms with E-state index in [2.05, 4.69) is 5.32 Å². The molecule has 2 rings (SSSR count). The molecule has 104 valence electrons. The number of rotatable bonds is 3. The van der Waals surface area contributed by atoms with Gasteiger partial charge in [0, 0.05) is 33.0 Å². The van der Waals surface area contributed by atoms with Crippen LogP contribution in [0.1, 0.15) is 6.42 Å². The number of methoxy groups -OCH3 is 1. The van der Waals surface area contributed by atoms with Crippen LogP contribution in [0.5, 0.6) is 0 Å². The first-order chi connectivity index (χ1) is 9.01. The van der Waals surface area contributed by atoms with E-state index >= 15 is 0 Å². The number of ether oxygens (including phenoxy) is 1. The first-order valence-electron chi connectivity index (χ1n) is 6.22. The molecule has 1 saturated heterocycles. The molecule has 1 aromatic rings. The van der Waals surface area contributed by atoms with Gasteiger partial charge >= 0.3 is 0 Å². The third kappa shape index (κ3) is 3.02. The Labute approximate surface area is 112 Å². The SMILES string of the molecule is CO[C@H]1C[C@@H](C(=O)Nc2ccc(=O)n(C)c2)N(C)C1. The monoisotopic (exact) mass is 265 g/mol. The van der Waals surface area contributed by atoms with Gasteiger partial charge in [0.05, 0.1) is 17.8 Å². The fraction of sp³-hybridized carbons (Fsp3) is 0.538. The van der Waals surface area contributed by atoms with Crippen molar-refractivity contribution in [3.05, 3.63) is 28.7 Å². The second-order valence-corrected chi connectivity index (χ2v) is 4.90. The van der Waals surface area contributed by atoms with Crippen LogP contribution in [0.25, 0.3) is 0 Å². The molecule has 1 aromatic heterocycles. The van der Waals surface area contributed by atoms with E-state index in [0.717, 1.165) is 6.54 Å². The van der Waals surface area contributed by atoms with Gasteiger partial charge in [-0.1, -0.05) is 0 Å². The highest BCUT2D eigenvalue weighted by Gasteiger charge is 2.34. The van der Waals surface area contributed by atoms with Crippen molar-refractivity contribution >= 4 is 11.6 Å². The summed E-state index contributed by atoms with van der Waals surface area (Å²) in [6.45, 7) is 0.752. The quantitative estimate of drug-likeness (QED) is 0.838. The fourth-order valence-corrected chi connectivity index (χ4v) is 2.32. The van der Waals surface area contributed by atoms with Crippen molar-refractivity contribution in [3.8, 4) is 0 Å². The molecule has 2 heterocycles. The van der Waals surface area contributed by atoms with Crippen LogP contribution in [-0.2, 0) is 16.6 Å². The minimum absolute atomic E-state index is 0.0688. The lowest BCUT2D eigenvalue weighted by molar-refractivity contribution is -0.120. The molecule has 0 aromatic carbocycles. The van der Waals surface area contributed by atoms with Crippen molar-refractivity contribution < 1.29 is 9.53 Å². The van der Waals surface area contributed by atoms with Gasteiger partial charge < -0.3 is 14.6 Å². The molecule has 0 bridgehead atoms. The number of hydrogen-bond acceptors (Lipinski definition) is 4. The number of aryl methyl sites for hydroxylation is 1. The lowest BCUT2D eigenvalue weighted by atomic mass is 10.2. The van der Waals surface area contributed by atoms with Crippen molar-refractivity contribution in [1.82, 2.24) is 9.47 Å². The van der Waals surface area contributed by atoms with Crippen molar-refractivity contribution in [1.29, 1.82) is 0 Å². The van der Waals surface area contributed by atoms with Crippen molar-refractivity contribution in [3.63, 3.8) is 0 Å². The van der Waals surface area contributed by atoms with Gasteiger partial charge in [-0.05, 0) is 19.5 Å². The Bertz CT molecular complexity index is 526. The maximum Gasteiger partial charge on any atom is 0.250 e. The summed E-state index contributed by atoms with van der Waals surface area (Å²) in [6.07, 6.45) is 2.40. The fourth-order valence-electron chi connectivity index (χ4n) is 2.32. The third-order valence-corrected chi connectivity index (χ3v) is 3.50. The number of carbonyl (C=O) groups excluding carboxylic acids is 1. The Kier molecular flexibility index (Phi) is 4.01. The molecule has 0 unspecified atom stereocenters. The Morgan fingerprint density at radius 2 is 2.16 bits per heavy atom. The number of amides is 1. The van der Waals surface area contributed by atoms with Crippen LogP contribution in [0, 0.1) is 0 Å². The molecule has 6 nitrogen and oxygen atoms in total. The topological polar surface area (TPSA) is 63.6 Å². The number of carbonyl (C=O) groups is 1. The summed E-state index contributed by atoms with van der Waals surface area (Å²) in [6, 6.07) is 2.86. The number of aromatic nitrogens is 1. The highest BCUT2D eigenvalue weighted by Crippen LogP contribution is 2.19. The second-order valence-electron chi connectivity index (χ2n) is 4.90. The van der Waals surface area contributed by atoms with Gasteiger partial charge in [-0.2, -0.15) is 0 Å². The maximum atomic E-state index is 12.2. The van der Waals surface area contributed by atoms with Crippen LogP contribution in [0.2, 0.25) is 0 Å². The number of anilines is 1. The molecule has 1 aliphatic rings. The summed E-state index contributed by atoms with van der Waals surface area (Å²) >= 11 is 0. The molecule has 19 heavy (non-hydrogen) atoms. The van der Waals surface area contributed by atoms with Crippen LogP contribution in [-0.4, -0.2) is 48.2 Å². The smallest absolute Gasteiger partial charge is 0.250 e. The molecular weight excluding hydrogens is 246 g/mol. The van der Waals surface area contributed by atoms with Crippen LogP contribution < -0.4 is 10.9 Å². The summed E-state index contributed by atoms with van der Waals surface area (Å²) < 4.78 is 6.72. The van der Waals surface area contributed by atoms with Gasteiger partial charge in [-0.15, -0.1) is 0 Å². The molecular formula is C13H19N3O3. The van der Waals surface area contributed by atoms with E-state index < -0.39 is 0 Å². The largest absolute Gasteiger partial charge is 0.380 e. The summed E-state index contributed by atoms with van der Waals surface area (Å²) in [4.78, 5) is 25.4. The highest BCUT2D eigenvalue weighted by molar-refractivity contribution is 5.94. The number of nitrogens with zero attached hydrogens (tertiary/aromatic N) is 2. The average Bonchev–Trinajstić information content (AvgIpc) is 2.75. The van der Waals surface area contributed by atoms with E-state index in [-0.39, 0.29) is 23.6 Å². The second kappa shape index (κ2) is 5.54. The van der Waals surface area contributed by atoms with Crippen LogP contribution in [0.15, 0.2) is 23.1 Å². The van der Waals surface area contributed by atoms with E-state index in [9.17, 15) is 9.59 Å². The molecule has 2 atom stereocenters. The lowest BCUT2D eigenvalue weighted by Gasteiger charge is -2.18. The predicted octanol–water partition coefficient (Wildman–Crippen LogP) is 0.0429. The first kappa shape index (κ1) is 13.8. The van der Waals surface area contributed by atoms with E-state index in [4.69, 9.17) is 4.74 Å². The molecule has 0 radical (unpaired) electrons.